The van der Waals surface area contributed by atoms with E-state index < -0.39 is 6.17 Å². The lowest BCUT2D eigenvalue weighted by Gasteiger charge is -1.93. The minimum absolute atomic E-state index is 0.593. The molecule has 6 heavy (non-hydrogen) atoms. The number of halogens is 1. The fourth-order valence-corrected chi connectivity index (χ4v) is 0. The lowest BCUT2D eigenvalue weighted by atomic mass is 10.2. The Kier molecular flexibility index (Phi) is 1.85. The van der Waals surface area contributed by atoms with Gasteiger partial charge in [-0.25, -0.2) is 4.39 Å². The lowest BCUT2D eigenvalue weighted by molar-refractivity contribution is 0.412. The van der Waals surface area contributed by atoms with Gasteiger partial charge in [-0.2, -0.15) is 0 Å². The molecule has 0 amide bonds. The topological polar surface area (TPSA) is 0 Å². The molecule has 0 aliphatic carbocycles. The molecule has 0 fully saturated rings. The summed E-state index contributed by atoms with van der Waals surface area (Å²) in [5.41, 5.74) is 0.593. The lowest BCUT2D eigenvalue weighted by Crippen LogP contribution is -1.89. The average molecular weight is 88.1 g/mol. The van der Waals surface area contributed by atoms with E-state index in [-0.39, 0.29) is 0 Å². The Labute approximate surface area is 37.7 Å². The highest BCUT2D eigenvalue weighted by molar-refractivity contribution is 4.93. The zero-order chi connectivity index (χ0) is 5.15. The first-order valence-corrected chi connectivity index (χ1v) is 1.94. The Morgan fingerprint density at radius 2 is 2.00 bits per heavy atom. The zero-order valence-electron chi connectivity index (χ0n) is 4.16. The van der Waals surface area contributed by atoms with E-state index in [9.17, 15) is 4.39 Å². The van der Waals surface area contributed by atoms with E-state index in [1.54, 1.807) is 6.92 Å². The number of allylic oxidation sites excluding steroid dienone is 1. The Hall–Kier alpha value is -0.330. The van der Waals surface area contributed by atoms with Crippen LogP contribution in [0.5, 0.6) is 0 Å². The van der Waals surface area contributed by atoms with Crippen molar-refractivity contribution in [3.8, 4) is 0 Å². The first kappa shape index (κ1) is 5.67. The highest BCUT2D eigenvalue weighted by atomic mass is 19.1. The van der Waals surface area contributed by atoms with Gasteiger partial charge in [-0.3, -0.25) is 0 Å². The molecule has 0 saturated carbocycles. The third-order valence-electron chi connectivity index (χ3n) is 0.679. The van der Waals surface area contributed by atoms with Crippen molar-refractivity contribution in [2.75, 3.05) is 0 Å². The summed E-state index contributed by atoms with van der Waals surface area (Å²) in [6, 6.07) is 0. The number of hydrogen-bond donors (Lipinski definition) is 0. The van der Waals surface area contributed by atoms with Crippen molar-refractivity contribution in [2.24, 2.45) is 0 Å². The summed E-state index contributed by atoms with van der Waals surface area (Å²) in [7, 11) is 0. The van der Waals surface area contributed by atoms with E-state index in [2.05, 4.69) is 6.58 Å². The van der Waals surface area contributed by atoms with Crippen molar-refractivity contribution in [1.29, 1.82) is 0 Å². The van der Waals surface area contributed by atoms with Crippen LogP contribution in [0.1, 0.15) is 13.8 Å². The van der Waals surface area contributed by atoms with Crippen LogP contribution in [0.4, 0.5) is 4.39 Å². The molecule has 0 aromatic carbocycles. The molecule has 0 saturated heterocycles. The Balaban J connectivity index is 3.26. The van der Waals surface area contributed by atoms with Crippen molar-refractivity contribution in [3.05, 3.63) is 12.2 Å². The zero-order valence-corrected chi connectivity index (χ0v) is 4.16. The van der Waals surface area contributed by atoms with Gasteiger partial charge in [0, 0.05) is 0 Å². The molecule has 0 aromatic rings. The molecular formula is C5H9F. The molecule has 0 radical (unpaired) electrons. The predicted octanol–water partition coefficient (Wildman–Crippen LogP) is 1.92. The van der Waals surface area contributed by atoms with E-state index in [0.29, 0.717) is 5.57 Å². The molecule has 1 heteroatoms. The second-order valence-corrected chi connectivity index (χ2v) is 1.46. The molecule has 1 atom stereocenters. The molecule has 0 rings (SSSR count). The smallest absolute Gasteiger partial charge is 0.118 e. The molecule has 0 aromatic heterocycles. The highest BCUT2D eigenvalue weighted by Crippen LogP contribution is 1.98. The van der Waals surface area contributed by atoms with E-state index in [1.165, 1.54) is 6.92 Å². The molecule has 1 unspecified atom stereocenters. The van der Waals surface area contributed by atoms with Crippen molar-refractivity contribution in [2.45, 2.75) is 20.0 Å². The predicted molar refractivity (Wildman–Crippen MR) is 25.4 cm³/mol. The summed E-state index contributed by atoms with van der Waals surface area (Å²) >= 11 is 0. The molecule has 36 valence electrons. The highest BCUT2D eigenvalue weighted by Gasteiger charge is 1.92. The van der Waals surface area contributed by atoms with Gasteiger partial charge in [-0.1, -0.05) is 6.58 Å². The number of rotatable bonds is 1. The number of alkyl halides is 1. The second kappa shape index (κ2) is 1.96. The third kappa shape index (κ3) is 1.94. The van der Waals surface area contributed by atoms with Crippen LogP contribution < -0.4 is 0 Å². The normalized spacial score (nSPS) is 13.8. The van der Waals surface area contributed by atoms with Crippen LogP contribution in [0.2, 0.25) is 0 Å². The molecule has 0 nitrogen and oxygen atoms in total. The SMILES string of the molecule is C=C(C)C(C)F. The van der Waals surface area contributed by atoms with Gasteiger partial charge in [0.15, 0.2) is 0 Å². The summed E-state index contributed by atoms with van der Waals surface area (Å²) < 4.78 is 11.7. The molecule has 0 bridgehead atoms. The fourth-order valence-electron chi connectivity index (χ4n) is 0. The van der Waals surface area contributed by atoms with Crippen LogP contribution in [0.25, 0.3) is 0 Å². The van der Waals surface area contributed by atoms with E-state index >= 15 is 0 Å². The van der Waals surface area contributed by atoms with Gasteiger partial charge >= 0.3 is 0 Å². The van der Waals surface area contributed by atoms with Crippen LogP contribution >= 0.6 is 0 Å². The number of hydrogen-bond acceptors (Lipinski definition) is 0. The minimum Gasteiger partial charge on any atom is -0.243 e. The average Bonchev–Trinajstić information content (AvgIpc) is 1.36. The third-order valence-corrected chi connectivity index (χ3v) is 0.679. The van der Waals surface area contributed by atoms with Crippen LogP contribution in [-0.4, -0.2) is 6.17 Å². The monoisotopic (exact) mass is 88.1 g/mol. The molecule has 0 spiro atoms. The summed E-state index contributed by atoms with van der Waals surface area (Å²) in [6.45, 7) is 6.53. The van der Waals surface area contributed by atoms with Crippen molar-refractivity contribution in [1.82, 2.24) is 0 Å². The maximum atomic E-state index is 11.7. The van der Waals surface area contributed by atoms with Gasteiger partial charge in [0.05, 0.1) is 0 Å². The summed E-state index contributed by atoms with van der Waals surface area (Å²) in [4.78, 5) is 0. The second-order valence-electron chi connectivity index (χ2n) is 1.46. The van der Waals surface area contributed by atoms with Gasteiger partial charge in [-0.05, 0) is 19.4 Å². The van der Waals surface area contributed by atoms with E-state index in [4.69, 9.17) is 0 Å². The van der Waals surface area contributed by atoms with Gasteiger partial charge < -0.3 is 0 Å². The maximum Gasteiger partial charge on any atom is 0.118 e. The van der Waals surface area contributed by atoms with Crippen LogP contribution in [0.3, 0.4) is 0 Å². The first-order chi connectivity index (χ1) is 2.64. The largest absolute Gasteiger partial charge is 0.243 e. The van der Waals surface area contributed by atoms with Crippen LogP contribution in [0, 0.1) is 0 Å². The van der Waals surface area contributed by atoms with Gasteiger partial charge in [0.2, 0.25) is 0 Å². The van der Waals surface area contributed by atoms with Gasteiger partial charge in [-0.15, -0.1) is 0 Å². The Morgan fingerprint density at radius 1 is 1.83 bits per heavy atom. The minimum atomic E-state index is -0.843. The summed E-state index contributed by atoms with van der Waals surface area (Å²) in [5.74, 6) is 0. The van der Waals surface area contributed by atoms with Crippen LogP contribution in [-0.2, 0) is 0 Å². The molecular weight excluding hydrogens is 79.1 g/mol. The van der Waals surface area contributed by atoms with Gasteiger partial charge in [0.1, 0.15) is 6.17 Å². The molecule has 0 aliphatic heterocycles. The van der Waals surface area contributed by atoms with Gasteiger partial charge in [0.25, 0.3) is 0 Å². The van der Waals surface area contributed by atoms with E-state index in [1.807, 2.05) is 0 Å². The Bertz CT molecular complexity index is 55.0. The molecule has 0 aliphatic rings. The van der Waals surface area contributed by atoms with Crippen molar-refractivity contribution in [3.63, 3.8) is 0 Å². The fraction of sp³-hybridized carbons (Fsp3) is 0.600. The summed E-state index contributed by atoms with van der Waals surface area (Å²) in [6.07, 6.45) is -0.843. The standard InChI is InChI=1S/C5H9F/c1-4(2)5(3)6/h5H,1H2,2-3H3. The van der Waals surface area contributed by atoms with Crippen LogP contribution in [0.15, 0.2) is 12.2 Å². The van der Waals surface area contributed by atoms with Crippen molar-refractivity contribution < 1.29 is 4.39 Å². The maximum absolute atomic E-state index is 11.7. The summed E-state index contributed by atoms with van der Waals surface area (Å²) in [5, 5.41) is 0. The van der Waals surface area contributed by atoms with Crippen molar-refractivity contribution >= 4 is 0 Å². The first-order valence-electron chi connectivity index (χ1n) is 1.94. The quantitative estimate of drug-likeness (QED) is 0.429. The van der Waals surface area contributed by atoms with E-state index in [0.717, 1.165) is 0 Å². The molecule has 0 heterocycles. The molecule has 0 N–H and O–H groups in total. The Morgan fingerprint density at radius 3 is 2.00 bits per heavy atom.